The predicted molar refractivity (Wildman–Crippen MR) is 402 cm³/mol. The summed E-state index contributed by atoms with van der Waals surface area (Å²) in [6.07, 6.45) is -2.13. The summed E-state index contributed by atoms with van der Waals surface area (Å²) < 4.78 is 409. The molecule has 0 N–H and O–H groups in total. The predicted octanol–water partition coefficient (Wildman–Crippen LogP) is 17.7. The highest BCUT2D eigenvalue weighted by Crippen LogP contribution is 2.71. The highest BCUT2D eigenvalue weighted by Gasteiger charge is 3.03. The van der Waals surface area contributed by atoms with E-state index >= 15 is 0 Å². The summed E-state index contributed by atoms with van der Waals surface area (Å²) in [6.45, 7) is 19.9. The summed E-state index contributed by atoms with van der Waals surface area (Å²) in [6, 6.07) is 0. The van der Waals surface area contributed by atoms with Crippen LogP contribution >= 0.6 is 0 Å². The molecule has 0 aromatic rings. The van der Waals surface area contributed by atoms with Gasteiger partial charge in [-0.25, -0.2) is 35.9 Å². The maximum Gasteiger partial charge on any atom is 0.508 e. The molecule has 2 aliphatic rings. The third-order valence-corrected chi connectivity index (χ3v) is 19.1. The van der Waals surface area contributed by atoms with E-state index in [-0.39, 0.29) is 89.3 Å². The smallest absolute Gasteiger partial charge is 0.465 e. The van der Waals surface area contributed by atoms with Gasteiger partial charge in [0.15, 0.2) is 26.4 Å². The summed E-state index contributed by atoms with van der Waals surface area (Å²) in [5, 5.41) is 0. The highest BCUT2D eigenvalue weighted by atomic mass is 19.4. The van der Waals surface area contributed by atoms with Gasteiger partial charge in [-0.05, 0) is 108 Å². The zero-order valence-electron chi connectivity index (χ0n) is 75.9. The van der Waals surface area contributed by atoms with Gasteiger partial charge in [-0.3, -0.25) is 57.5 Å². The van der Waals surface area contributed by atoms with Crippen molar-refractivity contribution in [3.05, 3.63) is 0 Å². The van der Waals surface area contributed by atoms with E-state index in [1.165, 1.54) is 20.8 Å². The standard InChI is InChI=1S/C16H17F11O4.C15H15F11O4.C13H22F2O4.C12H20F2O4.C12H20O6.C11H18O6/c1-4-10(2,3)9(29)30-6-5-8(28)31-7-11(17)12(18,19)14(22,23)16(26,27)15(24,25)13(11,20)21;1-3-7(2)9(28)29-5-4-8(27)30-6-10(16)11(17,18)13(21,22)15(25,26)14(23,24)12(10,19)20;1-5-12(2,3)11(17)19-8-6-10(16)18-9-7-13(4,14)15;1-4-9(2)11(16)18-7-5-10(15)17-8-6-12(3,13)14;1-5-12(3,4)10(14)17-7-9(13)8-18-11(15)16-6-2;1-4-8(3)10(13)16-6-9(12)7-17-11(14)15-5-2/h4-7H2,1-3H3;7H,3-6H2,1-2H3;5-9H2,1-4H3;9H,4-8H2,1-3H3;5-8H2,1-4H3;8H,4-7H2,1-3H3. The first-order chi connectivity index (χ1) is 60.0. The van der Waals surface area contributed by atoms with Crippen molar-refractivity contribution in [2.24, 2.45) is 34.0 Å². The minimum atomic E-state index is -7.34. The lowest BCUT2D eigenvalue weighted by molar-refractivity contribution is -0.487. The van der Waals surface area contributed by atoms with Crippen LogP contribution in [0.25, 0.3) is 0 Å². The lowest BCUT2D eigenvalue weighted by atomic mass is 9.72. The van der Waals surface area contributed by atoms with Gasteiger partial charge in [0.1, 0.15) is 39.6 Å². The number of alkyl halides is 26. The van der Waals surface area contributed by atoms with Crippen LogP contribution in [0.15, 0.2) is 0 Å². The summed E-state index contributed by atoms with van der Waals surface area (Å²) >= 11 is 0. The Morgan fingerprint density at radius 3 is 0.699 bits per heavy atom. The van der Waals surface area contributed by atoms with Gasteiger partial charge in [0.05, 0.1) is 86.1 Å². The molecule has 2 fully saturated rings. The molecule has 0 aromatic heterocycles. The van der Waals surface area contributed by atoms with Crippen LogP contribution in [-0.2, 0) is 124 Å². The number of ketones is 2. The molecule has 0 amide bonds. The second-order valence-electron chi connectivity index (χ2n) is 31.2. The largest absolute Gasteiger partial charge is 0.508 e. The van der Waals surface area contributed by atoms with E-state index in [1.807, 2.05) is 27.7 Å². The Kier molecular flexibility index (Phi) is 52.7. The van der Waals surface area contributed by atoms with Crippen molar-refractivity contribution < 1.29 is 248 Å². The van der Waals surface area contributed by atoms with Crippen molar-refractivity contribution >= 4 is 83.6 Å². The normalized spacial score (nSPS) is 18.0. The fraction of sp³-hybridized carbons (Fsp3) is 0.823. The Labute approximate surface area is 746 Å². The number of esters is 10. The van der Waals surface area contributed by atoms with Crippen molar-refractivity contribution in [2.75, 3.05) is 92.5 Å². The third kappa shape index (κ3) is 37.1. The molecule has 0 spiro atoms. The molecule has 54 heteroatoms. The van der Waals surface area contributed by atoms with Crippen molar-refractivity contribution in [1.29, 1.82) is 0 Å². The third-order valence-electron chi connectivity index (χ3n) is 19.1. The molecule has 28 nitrogen and oxygen atoms in total. The van der Waals surface area contributed by atoms with Crippen LogP contribution in [0, 0.1) is 34.0 Å². The summed E-state index contributed by atoms with van der Waals surface area (Å²) in [7, 11) is 0. The van der Waals surface area contributed by atoms with Crippen molar-refractivity contribution in [3.63, 3.8) is 0 Å². The van der Waals surface area contributed by atoms with Gasteiger partial charge in [-0.1, -0.05) is 62.3 Å². The van der Waals surface area contributed by atoms with Crippen molar-refractivity contribution in [2.45, 2.75) is 291 Å². The van der Waals surface area contributed by atoms with Gasteiger partial charge >= 0.3 is 131 Å². The van der Waals surface area contributed by atoms with E-state index in [2.05, 4.69) is 47.4 Å². The molecule has 0 aliphatic heterocycles. The number of halogens is 26. The number of rotatable bonds is 44. The fourth-order valence-corrected chi connectivity index (χ4v) is 8.12. The molecule has 0 bridgehead atoms. The Balaban J connectivity index is -0.000000765. The van der Waals surface area contributed by atoms with Crippen LogP contribution in [0.1, 0.15) is 209 Å². The van der Waals surface area contributed by atoms with Gasteiger partial charge in [0.25, 0.3) is 11.3 Å². The summed E-state index contributed by atoms with van der Waals surface area (Å²) in [4.78, 5) is 157. The first-order valence-electron chi connectivity index (χ1n) is 40.2. The Hall–Kier alpha value is -9.24. The first kappa shape index (κ1) is 130. The zero-order chi connectivity index (χ0) is 106. The second kappa shape index (κ2) is 53.9. The highest BCUT2D eigenvalue weighted by molar-refractivity contribution is 5.86. The van der Waals surface area contributed by atoms with E-state index in [0.717, 1.165) is 13.8 Å². The molecule has 2 rings (SSSR count). The fourth-order valence-electron chi connectivity index (χ4n) is 8.12. The maximum absolute atomic E-state index is 14.3. The Morgan fingerprint density at radius 1 is 0.256 bits per heavy atom. The van der Waals surface area contributed by atoms with Crippen molar-refractivity contribution in [3.8, 4) is 0 Å². The van der Waals surface area contributed by atoms with E-state index in [0.29, 0.717) is 32.1 Å². The minimum absolute atomic E-state index is 0.0788. The van der Waals surface area contributed by atoms with Gasteiger partial charge in [-0.2, -0.15) is 87.8 Å². The average molecular weight is 2000 g/mol. The molecule has 3 atom stereocenters. The number of hydrogen-bond acceptors (Lipinski definition) is 28. The minimum Gasteiger partial charge on any atom is -0.465 e. The molecule has 0 aromatic carbocycles. The van der Waals surface area contributed by atoms with E-state index < -0.39 is 248 Å². The molecule has 133 heavy (non-hydrogen) atoms. The molecule has 3 unspecified atom stereocenters. The van der Waals surface area contributed by atoms with Crippen LogP contribution in [0.4, 0.5) is 124 Å². The van der Waals surface area contributed by atoms with E-state index in [9.17, 15) is 181 Å². The maximum atomic E-state index is 14.3. The van der Waals surface area contributed by atoms with Crippen LogP contribution in [0.2, 0.25) is 0 Å². The molecule has 2 aliphatic carbocycles. The number of hydrogen-bond donors (Lipinski definition) is 0. The van der Waals surface area contributed by atoms with Crippen LogP contribution < -0.4 is 0 Å². The lowest BCUT2D eigenvalue weighted by Gasteiger charge is -2.52. The van der Waals surface area contributed by atoms with Crippen LogP contribution in [0.5, 0.6) is 0 Å². The average Bonchev–Trinajstić information content (AvgIpc) is 0.668. The molecule has 778 valence electrons. The summed E-state index contributed by atoms with van der Waals surface area (Å²) in [5.41, 5.74) is -15.0. The number of Topliss-reactive ketones (excluding diaryl/α,β-unsaturated/α-hetero) is 2. The Morgan fingerprint density at radius 2 is 0.466 bits per heavy atom. The number of carbonyl (C=O) groups excluding carboxylic acids is 14. The molecular formula is C79H112F26O28. The van der Waals surface area contributed by atoms with Gasteiger partial charge in [0.2, 0.25) is 23.4 Å². The SMILES string of the molecule is CCC(C)(C)C(=O)OCCC(=O)OCC1(F)C(F)(F)C(F)(F)C(F)(F)C(F)(F)C1(F)F.CCC(C)(C)C(=O)OCCC(=O)OCCC(C)(F)F.CCC(C)C(=O)OCCC(=O)OCC1(F)C(F)(F)C(F)(F)C(F)(F)C(F)(F)C1(F)F.CCC(C)C(=O)OCCC(=O)OCCC(C)(F)F.CCOC(=O)OCC(=O)COC(=O)C(C)(C)CC.CCOC(=O)OCC(=O)COC(=O)C(C)CC. The first-order valence-corrected chi connectivity index (χ1v) is 40.2. The molecule has 0 saturated heterocycles. The van der Waals surface area contributed by atoms with Crippen LogP contribution in [0.3, 0.4) is 0 Å². The van der Waals surface area contributed by atoms with Crippen molar-refractivity contribution in [1.82, 2.24) is 0 Å². The second-order valence-corrected chi connectivity index (χ2v) is 31.2. The molecule has 0 radical (unpaired) electrons. The molecule has 2 saturated carbocycles. The Bertz CT molecular complexity index is 3690. The van der Waals surface area contributed by atoms with Crippen LogP contribution in [-0.4, -0.2) is 258 Å². The molecule has 0 heterocycles. The topological polar surface area (TPSA) is 368 Å². The summed E-state index contributed by atoms with van der Waals surface area (Å²) in [5.74, 6) is -88.2. The lowest BCUT2D eigenvalue weighted by Crippen LogP contribution is -2.84. The van der Waals surface area contributed by atoms with E-state index in [4.69, 9.17) is 18.9 Å². The van der Waals surface area contributed by atoms with Gasteiger partial charge in [0, 0.05) is 12.8 Å². The number of carbonyl (C=O) groups is 14. The quantitative estimate of drug-likeness (QED) is 0.0310. The zero-order valence-corrected chi connectivity index (χ0v) is 75.9. The van der Waals surface area contributed by atoms with Gasteiger partial charge in [-0.15, -0.1) is 0 Å². The van der Waals surface area contributed by atoms with Gasteiger partial charge < -0.3 is 66.3 Å². The molecular weight excluding hydrogens is 1890 g/mol. The van der Waals surface area contributed by atoms with E-state index in [1.54, 1.807) is 69.2 Å². The number of ether oxygens (including phenoxy) is 14. The monoisotopic (exact) mass is 2000 g/mol.